The van der Waals surface area contributed by atoms with Crippen LogP contribution < -0.4 is 0 Å². The summed E-state index contributed by atoms with van der Waals surface area (Å²) in [5.41, 5.74) is 3.18. The number of benzene rings is 2. The van der Waals surface area contributed by atoms with Crippen molar-refractivity contribution in [3.8, 4) is 11.5 Å². The SMILES string of the molecule is Oc1cc(C23CC4CC(CC(C4)C2)C3)c2c(O)ccc(C34CC5CC(CC(C5)C3)C4)c2c1. The van der Waals surface area contributed by atoms with Crippen molar-refractivity contribution in [3.63, 3.8) is 0 Å². The molecule has 8 fully saturated rings. The maximum atomic E-state index is 11.3. The molecule has 0 heterocycles. The lowest BCUT2D eigenvalue weighted by Gasteiger charge is -2.58. The summed E-state index contributed by atoms with van der Waals surface area (Å²) < 4.78 is 0. The average molecular weight is 429 g/mol. The first kappa shape index (κ1) is 18.7. The Morgan fingerprint density at radius 1 is 0.562 bits per heavy atom. The Kier molecular flexibility index (Phi) is 3.53. The van der Waals surface area contributed by atoms with E-state index in [1.165, 1.54) is 93.6 Å². The quantitative estimate of drug-likeness (QED) is 0.531. The van der Waals surface area contributed by atoms with Crippen LogP contribution in [0.2, 0.25) is 0 Å². The first-order valence-electron chi connectivity index (χ1n) is 13.5. The van der Waals surface area contributed by atoms with Crippen LogP contribution in [0, 0.1) is 35.5 Å². The zero-order chi connectivity index (χ0) is 21.2. The number of hydrogen-bond donors (Lipinski definition) is 2. The second kappa shape index (κ2) is 6.05. The van der Waals surface area contributed by atoms with Gasteiger partial charge in [0, 0.05) is 5.39 Å². The summed E-state index contributed by atoms with van der Waals surface area (Å²) in [5, 5.41) is 24.6. The van der Waals surface area contributed by atoms with Gasteiger partial charge in [-0.3, -0.25) is 0 Å². The summed E-state index contributed by atoms with van der Waals surface area (Å²) in [5.74, 6) is 6.10. The van der Waals surface area contributed by atoms with Gasteiger partial charge in [0.05, 0.1) is 0 Å². The predicted octanol–water partition coefficient (Wildman–Crippen LogP) is 7.19. The van der Waals surface area contributed by atoms with Gasteiger partial charge in [-0.25, -0.2) is 0 Å². The third-order valence-electron chi connectivity index (χ3n) is 11.3. The molecule has 0 saturated heterocycles. The van der Waals surface area contributed by atoms with E-state index in [0.29, 0.717) is 11.5 Å². The Morgan fingerprint density at radius 3 is 1.47 bits per heavy atom. The van der Waals surface area contributed by atoms with Gasteiger partial charge in [-0.15, -0.1) is 0 Å². The van der Waals surface area contributed by atoms with E-state index in [9.17, 15) is 10.2 Å². The van der Waals surface area contributed by atoms with Gasteiger partial charge in [0.2, 0.25) is 0 Å². The fourth-order valence-corrected chi connectivity index (χ4v) is 11.2. The molecule has 0 spiro atoms. The topological polar surface area (TPSA) is 40.5 Å². The van der Waals surface area contributed by atoms with Crippen LogP contribution in [-0.2, 0) is 10.8 Å². The monoisotopic (exact) mass is 428 g/mol. The van der Waals surface area contributed by atoms with Gasteiger partial charge in [-0.05, 0) is 158 Å². The second-order valence-electron chi connectivity index (χ2n) is 13.4. The largest absolute Gasteiger partial charge is 0.508 e. The van der Waals surface area contributed by atoms with Crippen molar-refractivity contribution >= 4 is 10.8 Å². The van der Waals surface area contributed by atoms with Crippen LogP contribution in [0.3, 0.4) is 0 Å². The second-order valence-corrected chi connectivity index (χ2v) is 13.4. The van der Waals surface area contributed by atoms with Crippen LogP contribution in [0.15, 0.2) is 24.3 Å². The van der Waals surface area contributed by atoms with Crippen molar-refractivity contribution in [2.45, 2.75) is 87.9 Å². The molecule has 168 valence electrons. The lowest BCUT2D eigenvalue weighted by molar-refractivity contribution is -0.00530. The molecule has 10 rings (SSSR count). The van der Waals surface area contributed by atoms with E-state index < -0.39 is 0 Å². The van der Waals surface area contributed by atoms with Crippen molar-refractivity contribution in [2.75, 3.05) is 0 Å². The van der Waals surface area contributed by atoms with Crippen LogP contribution >= 0.6 is 0 Å². The van der Waals surface area contributed by atoms with Crippen molar-refractivity contribution < 1.29 is 10.2 Å². The maximum Gasteiger partial charge on any atom is 0.123 e. The molecular formula is C30H36O2. The number of hydrogen-bond acceptors (Lipinski definition) is 2. The molecule has 2 aromatic carbocycles. The summed E-state index contributed by atoms with van der Waals surface area (Å²) in [6, 6.07) is 8.32. The molecule has 2 nitrogen and oxygen atoms in total. The molecular weight excluding hydrogens is 392 g/mol. The highest BCUT2D eigenvalue weighted by molar-refractivity contribution is 5.96. The van der Waals surface area contributed by atoms with Crippen molar-refractivity contribution in [1.82, 2.24) is 0 Å². The van der Waals surface area contributed by atoms with Crippen LogP contribution in [0.25, 0.3) is 10.8 Å². The Hall–Kier alpha value is -1.70. The highest BCUT2D eigenvalue weighted by Crippen LogP contribution is 2.64. The minimum atomic E-state index is 0.170. The highest BCUT2D eigenvalue weighted by Gasteiger charge is 2.54. The molecule has 8 aliphatic carbocycles. The van der Waals surface area contributed by atoms with Crippen molar-refractivity contribution in [1.29, 1.82) is 0 Å². The van der Waals surface area contributed by atoms with E-state index in [4.69, 9.17) is 0 Å². The van der Waals surface area contributed by atoms with Gasteiger partial charge >= 0.3 is 0 Å². The van der Waals surface area contributed by atoms with Crippen LogP contribution in [0.1, 0.15) is 88.2 Å². The van der Waals surface area contributed by atoms with Gasteiger partial charge in [0.15, 0.2) is 0 Å². The average Bonchev–Trinajstić information content (AvgIpc) is 2.71. The molecule has 0 amide bonds. The fourth-order valence-electron chi connectivity index (χ4n) is 11.2. The third kappa shape index (κ3) is 2.42. The van der Waals surface area contributed by atoms with E-state index in [1.807, 2.05) is 12.1 Å². The zero-order valence-corrected chi connectivity index (χ0v) is 19.2. The number of rotatable bonds is 2. The summed E-state index contributed by atoms with van der Waals surface area (Å²) >= 11 is 0. The van der Waals surface area contributed by atoms with Gasteiger partial charge < -0.3 is 10.2 Å². The summed E-state index contributed by atoms with van der Waals surface area (Å²) in [4.78, 5) is 0. The first-order valence-corrected chi connectivity index (χ1v) is 13.5. The number of phenols is 2. The number of fused-ring (bicyclic) bond motifs is 1. The Balaban J connectivity index is 1.35. The molecule has 2 heteroatoms. The molecule has 8 aliphatic rings. The van der Waals surface area contributed by atoms with Crippen molar-refractivity contribution in [2.24, 2.45) is 35.5 Å². The van der Waals surface area contributed by atoms with Gasteiger partial charge in [-0.2, -0.15) is 0 Å². The molecule has 0 atom stereocenters. The molecule has 2 aromatic rings. The predicted molar refractivity (Wildman–Crippen MR) is 127 cm³/mol. The molecule has 32 heavy (non-hydrogen) atoms. The van der Waals surface area contributed by atoms with Gasteiger partial charge in [-0.1, -0.05) is 6.07 Å². The van der Waals surface area contributed by atoms with Crippen LogP contribution in [0.4, 0.5) is 0 Å². The smallest absolute Gasteiger partial charge is 0.123 e. The number of phenolic OH excluding ortho intramolecular Hbond substituents is 2. The molecule has 0 radical (unpaired) electrons. The van der Waals surface area contributed by atoms with E-state index in [1.54, 1.807) is 0 Å². The first-order chi connectivity index (χ1) is 15.5. The van der Waals surface area contributed by atoms with E-state index >= 15 is 0 Å². The lowest BCUT2D eigenvalue weighted by atomic mass is 9.47. The molecule has 0 aliphatic heterocycles. The summed E-state index contributed by atoms with van der Waals surface area (Å²) in [6.45, 7) is 0. The van der Waals surface area contributed by atoms with Crippen LogP contribution in [0.5, 0.6) is 11.5 Å². The summed E-state index contributed by atoms with van der Waals surface area (Å²) in [7, 11) is 0. The normalized spacial score (nSPS) is 45.8. The standard InChI is InChI=1S/C30H36O2/c31-23-9-24-25(29-11-17-3-18(12-29)5-19(4-17)13-29)1-2-27(32)28(24)26(10-23)30-14-20-6-21(15-30)8-22(7-20)16-30/h1-2,9-10,17-22,31-32H,3-8,11-16H2. The molecule has 8 saturated carbocycles. The minimum Gasteiger partial charge on any atom is -0.508 e. The zero-order valence-electron chi connectivity index (χ0n) is 19.2. The summed E-state index contributed by atoms with van der Waals surface area (Å²) in [6.07, 6.45) is 16.3. The molecule has 0 aromatic heterocycles. The van der Waals surface area contributed by atoms with E-state index in [2.05, 4.69) is 12.1 Å². The Morgan fingerprint density at radius 2 is 1.00 bits per heavy atom. The minimum absolute atomic E-state index is 0.170. The number of aromatic hydroxyl groups is 2. The fraction of sp³-hybridized carbons (Fsp3) is 0.667. The maximum absolute atomic E-state index is 11.3. The molecule has 8 bridgehead atoms. The van der Waals surface area contributed by atoms with Crippen molar-refractivity contribution in [3.05, 3.63) is 35.4 Å². The Bertz CT molecular complexity index is 1060. The van der Waals surface area contributed by atoms with Gasteiger partial charge in [0.25, 0.3) is 0 Å². The van der Waals surface area contributed by atoms with Crippen LogP contribution in [-0.4, -0.2) is 10.2 Å². The Labute approximate surface area is 191 Å². The lowest BCUT2D eigenvalue weighted by Crippen LogP contribution is -2.49. The molecule has 0 unspecified atom stereocenters. The van der Waals surface area contributed by atoms with E-state index in [0.717, 1.165) is 40.9 Å². The molecule has 2 N–H and O–H groups in total. The highest BCUT2D eigenvalue weighted by atomic mass is 16.3. The van der Waals surface area contributed by atoms with E-state index in [-0.39, 0.29) is 10.8 Å². The third-order valence-corrected chi connectivity index (χ3v) is 11.3. The van der Waals surface area contributed by atoms with Gasteiger partial charge in [0.1, 0.15) is 11.5 Å².